The maximum absolute atomic E-state index is 9.89. The van der Waals surface area contributed by atoms with Gasteiger partial charge >= 0.3 is 0 Å². The summed E-state index contributed by atoms with van der Waals surface area (Å²) in [5.74, 6) is 0.282. The molecule has 0 fully saturated rings. The molecule has 0 saturated carbocycles. The van der Waals surface area contributed by atoms with Gasteiger partial charge in [0.1, 0.15) is 11.3 Å². The lowest BCUT2D eigenvalue weighted by Gasteiger charge is -2.14. The zero-order valence-corrected chi connectivity index (χ0v) is 9.99. The minimum atomic E-state index is -0.0569. The minimum Gasteiger partial charge on any atom is -0.508 e. The predicted octanol–water partition coefficient (Wildman–Crippen LogP) is 2.75. The highest BCUT2D eigenvalue weighted by Gasteiger charge is 2.15. The molecule has 0 aliphatic carbocycles. The van der Waals surface area contributed by atoms with E-state index in [1.807, 2.05) is 54.1 Å². The Labute approximate surface area is 104 Å². The van der Waals surface area contributed by atoms with E-state index >= 15 is 0 Å². The second kappa shape index (κ2) is 4.14. The van der Waals surface area contributed by atoms with Crippen molar-refractivity contribution in [3.05, 3.63) is 54.1 Å². The number of aromatic hydroxyl groups is 1. The summed E-state index contributed by atoms with van der Waals surface area (Å²) in [6, 6.07) is 15.0. The summed E-state index contributed by atoms with van der Waals surface area (Å²) in [5, 5.41) is 18.2. The first-order valence-electron chi connectivity index (χ1n) is 5.85. The lowest BCUT2D eigenvalue weighted by Crippen LogP contribution is -2.08. The Kier molecular flexibility index (Phi) is 2.48. The number of hydrogen-bond donors (Lipinski definition) is 1. The van der Waals surface area contributed by atoms with Crippen LogP contribution in [0.5, 0.6) is 5.75 Å². The smallest absolute Gasteiger partial charge is 0.120 e. The number of para-hydroxylation sites is 2. The van der Waals surface area contributed by atoms with E-state index in [2.05, 4.69) is 10.3 Å². The average molecular weight is 239 g/mol. The van der Waals surface area contributed by atoms with Gasteiger partial charge in [0.2, 0.25) is 0 Å². The van der Waals surface area contributed by atoms with Crippen molar-refractivity contribution in [2.75, 3.05) is 0 Å². The van der Waals surface area contributed by atoms with Crippen LogP contribution in [0.15, 0.2) is 48.5 Å². The fraction of sp³-hybridized carbons (Fsp3) is 0.143. The van der Waals surface area contributed by atoms with Crippen LogP contribution < -0.4 is 0 Å². The van der Waals surface area contributed by atoms with Gasteiger partial charge < -0.3 is 5.11 Å². The van der Waals surface area contributed by atoms with Gasteiger partial charge in [-0.1, -0.05) is 35.5 Å². The maximum atomic E-state index is 9.89. The summed E-state index contributed by atoms with van der Waals surface area (Å²) < 4.78 is 1.82. The van der Waals surface area contributed by atoms with E-state index in [1.165, 1.54) is 0 Å². The second-order valence-corrected chi connectivity index (χ2v) is 4.26. The molecule has 0 saturated heterocycles. The fourth-order valence-electron chi connectivity index (χ4n) is 2.15. The lowest BCUT2D eigenvalue weighted by atomic mass is 10.1. The van der Waals surface area contributed by atoms with E-state index in [4.69, 9.17) is 0 Å². The molecule has 4 heteroatoms. The molecular weight excluding hydrogens is 226 g/mol. The number of fused-ring (bicyclic) bond motifs is 1. The Morgan fingerprint density at radius 3 is 2.61 bits per heavy atom. The fourth-order valence-corrected chi connectivity index (χ4v) is 2.15. The lowest BCUT2D eigenvalue weighted by molar-refractivity contribution is 0.451. The summed E-state index contributed by atoms with van der Waals surface area (Å²) in [6.07, 6.45) is 0. The van der Waals surface area contributed by atoms with E-state index in [0.717, 1.165) is 16.6 Å². The molecule has 0 bridgehead atoms. The maximum Gasteiger partial charge on any atom is 0.120 e. The first-order chi connectivity index (χ1) is 8.77. The van der Waals surface area contributed by atoms with Gasteiger partial charge in [0, 0.05) is 5.56 Å². The molecule has 1 heterocycles. The van der Waals surface area contributed by atoms with Crippen LogP contribution in [0.25, 0.3) is 11.0 Å². The van der Waals surface area contributed by atoms with Gasteiger partial charge in [0.25, 0.3) is 0 Å². The molecule has 18 heavy (non-hydrogen) atoms. The molecule has 0 aliphatic heterocycles. The Morgan fingerprint density at radius 2 is 1.78 bits per heavy atom. The number of nitrogens with zero attached hydrogens (tertiary/aromatic N) is 3. The third-order valence-electron chi connectivity index (χ3n) is 3.13. The molecule has 0 spiro atoms. The highest BCUT2D eigenvalue weighted by atomic mass is 16.3. The molecule has 2 aromatic carbocycles. The van der Waals surface area contributed by atoms with Crippen molar-refractivity contribution in [3.63, 3.8) is 0 Å². The van der Waals surface area contributed by atoms with Crippen molar-refractivity contribution in [2.24, 2.45) is 0 Å². The Bertz CT molecular complexity index is 690. The van der Waals surface area contributed by atoms with Crippen LogP contribution in [-0.4, -0.2) is 20.1 Å². The van der Waals surface area contributed by atoms with Gasteiger partial charge in [-0.05, 0) is 25.1 Å². The molecule has 1 atom stereocenters. The standard InChI is InChI=1S/C14H13N3O/c1-10(11-6-2-5-9-14(11)18)17-13-8-4-3-7-12(13)15-16-17/h2-10,18H,1H3. The van der Waals surface area contributed by atoms with Gasteiger partial charge in [-0.2, -0.15) is 0 Å². The molecule has 4 nitrogen and oxygen atoms in total. The van der Waals surface area contributed by atoms with Crippen LogP contribution in [0, 0.1) is 0 Å². The number of rotatable bonds is 2. The van der Waals surface area contributed by atoms with Crippen molar-refractivity contribution in [3.8, 4) is 5.75 Å². The molecule has 90 valence electrons. The van der Waals surface area contributed by atoms with E-state index in [0.29, 0.717) is 0 Å². The van der Waals surface area contributed by atoms with Gasteiger partial charge in [-0.15, -0.1) is 5.10 Å². The molecule has 3 rings (SSSR count). The quantitative estimate of drug-likeness (QED) is 0.748. The molecule has 0 radical (unpaired) electrons. The summed E-state index contributed by atoms with van der Waals surface area (Å²) in [6.45, 7) is 2.00. The number of aromatic nitrogens is 3. The van der Waals surface area contributed by atoms with E-state index < -0.39 is 0 Å². The highest BCUT2D eigenvalue weighted by Crippen LogP contribution is 2.27. The number of phenols is 1. The molecule has 0 aliphatic rings. The first-order valence-corrected chi connectivity index (χ1v) is 5.85. The zero-order chi connectivity index (χ0) is 12.5. The van der Waals surface area contributed by atoms with Crippen molar-refractivity contribution in [2.45, 2.75) is 13.0 Å². The van der Waals surface area contributed by atoms with E-state index in [9.17, 15) is 5.11 Å². The minimum absolute atomic E-state index is 0.0569. The molecule has 1 aromatic heterocycles. The summed E-state index contributed by atoms with van der Waals surface area (Å²) in [5.41, 5.74) is 2.67. The molecule has 3 aromatic rings. The zero-order valence-electron chi connectivity index (χ0n) is 9.99. The molecule has 0 amide bonds. The van der Waals surface area contributed by atoms with Crippen LogP contribution in [-0.2, 0) is 0 Å². The van der Waals surface area contributed by atoms with Crippen molar-refractivity contribution < 1.29 is 5.11 Å². The first kappa shape index (κ1) is 10.8. The summed E-state index contributed by atoms with van der Waals surface area (Å²) >= 11 is 0. The van der Waals surface area contributed by atoms with Crippen LogP contribution in [0.2, 0.25) is 0 Å². The predicted molar refractivity (Wildman–Crippen MR) is 69.4 cm³/mol. The summed E-state index contributed by atoms with van der Waals surface area (Å²) in [4.78, 5) is 0. The van der Waals surface area contributed by atoms with Gasteiger partial charge in [0.15, 0.2) is 0 Å². The summed E-state index contributed by atoms with van der Waals surface area (Å²) in [7, 11) is 0. The Balaban J connectivity index is 2.13. The third-order valence-corrected chi connectivity index (χ3v) is 3.13. The SMILES string of the molecule is CC(c1ccccc1O)n1nnc2ccccc21. The third kappa shape index (κ3) is 1.62. The van der Waals surface area contributed by atoms with Crippen LogP contribution >= 0.6 is 0 Å². The largest absolute Gasteiger partial charge is 0.508 e. The average Bonchev–Trinajstić information content (AvgIpc) is 2.82. The van der Waals surface area contributed by atoms with Crippen LogP contribution in [0.3, 0.4) is 0 Å². The van der Waals surface area contributed by atoms with Gasteiger partial charge in [-0.3, -0.25) is 0 Å². The number of hydrogen-bond acceptors (Lipinski definition) is 3. The Morgan fingerprint density at radius 1 is 1.06 bits per heavy atom. The van der Waals surface area contributed by atoms with Crippen molar-refractivity contribution in [1.29, 1.82) is 0 Å². The van der Waals surface area contributed by atoms with E-state index in [-0.39, 0.29) is 11.8 Å². The van der Waals surface area contributed by atoms with Crippen molar-refractivity contribution in [1.82, 2.24) is 15.0 Å². The van der Waals surface area contributed by atoms with Crippen LogP contribution in [0.1, 0.15) is 18.5 Å². The number of phenolic OH excluding ortho intramolecular Hbond substituents is 1. The van der Waals surface area contributed by atoms with Gasteiger partial charge in [-0.25, -0.2) is 4.68 Å². The molecular formula is C14H13N3O. The topological polar surface area (TPSA) is 50.9 Å². The molecule has 1 N–H and O–H groups in total. The highest BCUT2D eigenvalue weighted by molar-refractivity contribution is 5.74. The second-order valence-electron chi connectivity index (χ2n) is 4.26. The normalized spacial score (nSPS) is 12.7. The Hall–Kier alpha value is -2.36. The van der Waals surface area contributed by atoms with Crippen molar-refractivity contribution >= 4 is 11.0 Å². The molecule has 1 unspecified atom stereocenters. The monoisotopic (exact) mass is 239 g/mol. The number of benzene rings is 2. The van der Waals surface area contributed by atoms with Gasteiger partial charge in [0.05, 0.1) is 11.6 Å². The van der Waals surface area contributed by atoms with Crippen LogP contribution in [0.4, 0.5) is 0 Å². The van der Waals surface area contributed by atoms with E-state index in [1.54, 1.807) is 6.07 Å².